The molecule has 1 amide bonds. The molecule has 5 heteroatoms. The van der Waals surface area contributed by atoms with Crippen molar-refractivity contribution in [2.45, 2.75) is 13.1 Å². The fourth-order valence-electron chi connectivity index (χ4n) is 1.17. The summed E-state index contributed by atoms with van der Waals surface area (Å²) < 4.78 is 37.1. The molecule has 0 aromatic heterocycles. The smallest absolute Gasteiger partial charge is 0.326 e. The van der Waals surface area contributed by atoms with Crippen molar-refractivity contribution in [2.24, 2.45) is 0 Å². The summed E-state index contributed by atoms with van der Waals surface area (Å²) >= 11 is 0. The number of benzene rings is 1. The maximum Gasteiger partial charge on any atom is 0.416 e. The number of nitrogens with one attached hydrogen (secondary N) is 1. The second-order valence-corrected chi connectivity index (χ2v) is 3.24. The highest BCUT2D eigenvalue weighted by Gasteiger charge is 2.30. The quantitative estimate of drug-likeness (QED) is 0.830. The molecule has 2 nitrogen and oxygen atoms in total. The van der Waals surface area contributed by atoms with E-state index in [2.05, 4.69) is 11.9 Å². The van der Waals surface area contributed by atoms with Crippen LogP contribution in [-0.4, -0.2) is 5.91 Å². The first-order chi connectivity index (χ1) is 7.30. The lowest BCUT2D eigenvalue weighted by Crippen LogP contribution is -2.17. The Labute approximate surface area is 90.8 Å². The average Bonchev–Trinajstić information content (AvgIpc) is 2.15. The lowest BCUT2D eigenvalue weighted by Gasteiger charge is -2.10. The molecule has 0 radical (unpaired) electrons. The van der Waals surface area contributed by atoms with Crippen molar-refractivity contribution >= 4 is 11.6 Å². The van der Waals surface area contributed by atoms with Crippen LogP contribution in [0.25, 0.3) is 5.70 Å². The Morgan fingerprint density at radius 3 is 2.50 bits per heavy atom. The number of carbonyl (C=O) groups excluding carboxylic acids is 1. The molecule has 1 N–H and O–H groups in total. The van der Waals surface area contributed by atoms with E-state index in [0.29, 0.717) is 0 Å². The van der Waals surface area contributed by atoms with Gasteiger partial charge in [-0.15, -0.1) is 0 Å². The van der Waals surface area contributed by atoms with E-state index >= 15 is 0 Å². The number of rotatable bonds is 2. The molecule has 0 unspecified atom stereocenters. The molecule has 16 heavy (non-hydrogen) atoms. The van der Waals surface area contributed by atoms with E-state index in [1.807, 2.05) is 0 Å². The Morgan fingerprint density at radius 1 is 1.38 bits per heavy atom. The van der Waals surface area contributed by atoms with E-state index < -0.39 is 11.7 Å². The molecule has 1 aromatic rings. The molecule has 0 aliphatic carbocycles. The number of amides is 1. The Kier molecular flexibility index (Phi) is 3.37. The summed E-state index contributed by atoms with van der Waals surface area (Å²) in [6, 6.07) is 4.63. The Bertz CT molecular complexity index is 423. The van der Waals surface area contributed by atoms with Crippen molar-refractivity contribution in [3.63, 3.8) is 0 Å². The van der Waals surface area contributed by atoms with Crippen LogP contribution < -0.4 is 5.32 Å². The predicted molar refractivity (Wildman–Crippen MR) is 54.3 cm³/mol. The third kappa shape index (κ3) is 3.12. The average molecular weight is 229 g/mol. The molecule has 86 valence electrons. The van der Waals surface area contributed by atoms with Crippen molar-refractivity contribution in [1.29, 1.82) is 0 Å². The van der Waals surface area contributed by atoms with Crippen molar-refractivity contribution < 1.29 is 18.0 Å². The lowest BCUT2D eigenvalue weighted by atomic mass is 10.1. The molecule has 0 spiro atoms. The minimum Gasteiger partial charge on any atom is -0.326 e. The van der Waals surface area contributed by atoms with Gasteiger partial charge in [0.15, 0.2) is 0 Å². The largest absolute Gasteiger partial charge is 0.416 e. The summed E-state index contributed by atoms with van der Waals surface area (Å²) in [5.41, 5.74) is -0.375. The molecule has 0 heterocycles. The molecular weight excluding hydrogens is 219 g/mol. The van der Waals surface area contributed by atoms with Gasteiger partial charge in [-0.3, -0.25) is 4.79 Å². The summed E-state index contributed by atoms with van der Waals surface area (Å²) in [7, 11) is 0. The van der Waals surface area contributed by atoms with Gasteiger partial charge in [-0.1, -0.05) is 18.7 Å². The van der Waals surface area contributed by atoms with Gasteiger partial charge in [0.05, 0.1) is 5.56 Å². The first-order valence-corrected chi connectivity index (χ1v) is 4.45. The van der Waals surface area contributed by atoms with Gasteiger partial charge in [-0.25, -0.2) is 0 Å². The van der Waals surface area contributed by atoms with E-state index in [1.165, 1.54) is 19.1 Å². The van der Waals surface area contributed by atoms with Crippen LogP contribution in [0.5, 0.6) is 0 Å². The summed E-state index contributed by atoms with van der Waals surface area (Å²) in [6.45, 7) is 4.75. The molecular formula is C11H10F3NO. The Morgan fingerprint density at radius 2 is 2.00 bits per heavy atom. The summed E-state index contributed by atoms with van der Waals surface area (Å²) in [5.74, 6) is -0.373. The van der Waals surface area contributed by atoms with Gasteiger partial charge in [0.25, 0.3) is 0 Å². The summed E-state index contributed by atoms with van der Waals surface area (Å²) in [6.07, 6.45) is -4.40. The lowest BCUT2D eigenvalue weighted by molar-refractivity contribution is -0.137. The zero-order chi connectivity index (χ0) is 12.3. The maximum absolute atomic E-state index is 12.4. The molecule has 1 rings (SSSR count). The molecule has 0 saturated heterocycles. The van der Waals surface area contributed by atoms with E-state index in [4.69, 9.17) is 0 Å². The summed E-state index contributed by atoms with van der Waals surface area (Å²) in [5, 5.41) is 2.34. The third-order valence-corrected chi connectivity index (χ3v) is 1.87. The van der Waals surface area contributed by atoms with Gasteiger partial charge in [0, 0.05) is 12.6 Å². The fourth-order valence-corrected chi connectivity index (χ4v) is 1.17. The zero-order valence-corrected chi connectivity index (χ0v) is 8.56. The Balaban J connectivity index is 2.99. The predicted octanol–water partition coefficient (Wildman–Crippen LogP) is 2.81. The van der Waals surface area contributed by atoms with Gasteiger partial charge in [-0.2, -0.15) is 13.2 Å². The van der Waals surface area contributed by atoms with E-state index in [1.54, 1.807) is 0 Å². The monoisotopic (exact) mass is 229 g/mol. The van der Waals surface area contributed by atoms with E-state index in [-0.39, 0.29) is 17.2 Å². The standard InChI is InChI=1S/C11H10F3NO/c1-7(15-8(2)16)9-4-3-5-10(6-9)11(12,13)14/h3-6H,1H2,2H3,(H,15,16). The van der Waals surface area contributed by atoms with E-state index in [0.717, 1.165) is 12.1 Å². The van der Waals surface area contributed by atoms with Crippen LogP contribution in [-0.2, 0) is 11.0 Å². The highest BCUT2D eigenvalue weighted by Crippen LogP contribution is 2.30. The number of hydrogen-bond donors (Lipinski definition) is 1. The van der Waals surface area contributed by atoms with Crippen LogP contribution in [0.3, 0.4) is 0 Å². The first-order valence-electron chi connectivity index (χ1n) is 4.45. The normalized spacial score (nSPS) is 11.0. The van der Waals surface area contributed by atoms with Crippen LogP contribution in [0.15, 0.2) is 30.8 Å². The molecule has 0 aliphatic heterocycles. The molecule has 0 aliphatic rings. The zero-order valence-electron chi connectivity index (χ0n) is 8.56. The molecule has 0 bridgehead atoms. The molecule has 0 saturated carbocycles. The third-order valence-electron chi connectivity index (χ3n) is 1.87. The van der Waals surface area contributed by atoms with Gasteiger partial charge in [0.1, 0.15) is 0 Å². The van der Waals surface area contributed by atoms with Crippen molar-refractivity contribution in [2.75, 3.05) is 0 Å². The van der Waals surface area contributed by atoms with Gasteiger partial charge in [-0.05, 0) is 17.7 Å². The Hall–Kier alpha value is -1.78. The maximum atomic E-state index is 12.4. The minimum atomic E-state index is -4.40. The van der Waals surface area contributed by atoms with Crippen LogP contribution in [0.1, 0.15) is 18.1 Å². The number of carbonyl (C=O) groups is 1. The van der Waals surface area contributed by atoms with Crippen LogP contribution in [0.2, 0.25) is 0 Å². The highest BCUT2D eigenvalue weighted by atomic mass is 19.4. The van der Waals surface area contributed by atoms with Gasteiger partial charge in [0.2, 0.25) is 5.91 Å². The number of hydrogen-bond acceptors (Lipinski definition) is 1. The molecule has 0 atom stereocenters. The van der Waals surface area contributed by atoms with Crippen molar-refractivity contribution in [3.05, 3.63) is 42.0 Å². The fraction of sp³-hybridized carbons (Fsp3) is 0.182. The minimum absolute atomic E-state index is 0.151. The second kappa shape index (κ2) is 4.38. The summed E-state index contributed by atoms with van der Waals surface area (Å²) in [4.78, 5) is 10.7. The SMILES string of the molecule is C=C(NC(C)=O)c1cccc(C(F)(F)F)c1. The number of alkyl halides is 3. The van der Waals surface area contributed by atoms with Crippen molar-refractivity contribution in [3.8, 4) is 0 Å². The first kappa shape index (κ1) is 12.3. The van der Waals surface area contributed by atoms with Gasteiger partial charge >= 0.3 is 6.18 Å². The van der Waals surface area contributed by atoms with Gasteiger partial charge < -0.3 is 5.32 Å². The van der Waals surface area contributed by atoms with Crippen LogP contribution in [0.4, 0.5) is 13.2 Å². The topological polar surface area (TPSA) is 29.1 Å². The van der Waals surface area contributed by atoms with E-state index in [9.17, 15) is 18.0 Å². The van der Waals surface area contributed by atoms with Crippen molar-refractivity contribution in [1.82, 2.24) is 5.32 Å². The van der Waals surface area contributed by atoms with Crippen LogP contribution >= 0.6 is 0 Å². The number of halogens is 3. The second-order valence-electron chi connectivity index (χ2n) is 3.24. The molecule has 1 aromatic carbocycles. The van der Waals surface area contributed by atoms with Crippen LogP contribution in [0, 0.1) is 0 Å². The molecule has 0 fully saturated rings. The highest BCUT2D eigenvalue weighted by molar-refractivity contribution is 5.84.